The number of aryl methyl sites for hydroxylation is 1. The number of furan rings is 1. The van der Waals surface area contributed by atoms with Crippen LogP contribution < -0.4 is 0 Å². The van der Waals surface area contributed by atoms with Gasteiger partial charge in [0.15, 0.2) is 0 Å². The van der Waals surface area contributed by atoms with Gasteiger partial charge in [-0.2, -0.15) is 0 Å². The molecule has 1 aromatic heterocycles. The van der Waals surface area contributed by atoms with Crippen molar-refractivity contribution < 1.29 is 4.42 Å². The molecule has 1 nitrogen and oxygen atoms in total. The number of hydrogen-bond acceptors (Lipinski definition) is 1. The predicted molar refractivity (Wildman–Crippen MR) is 159 cm³/mol. The number of fused-ring (bicyclic) bond motifs is 1. The van der Waals surface area contributed by atoms with Gasteiger partial charge in [-0.3, -0.25) is 0 Å². The molecule has 190 valence electrons. The van der Waals surface area contributed by atoms with Gasteiger partial charge in [0.1, 0.15) is 11.3 Å². The van der Waals surface area contributed by atoms with Gasteiger partial charge in [0.05, 0.1) is 0 Å². The van der Waals surface area contributed by atoms with Crippen molar-refractivity contribution in [3.63, 3.8) is 0 Å². The third-order valence-corrected chi connectivity index (χ3v) is 5.98. The quantitative estimate of drug-likeness (QED) is 0.200. The molecule has 0 bridgehead atoms. The van der Waals surface area contributed by atoms with Crippen LogP contribution in [0.4, 0.5) is 0 Å². The molecule has 35 heavy (non-hydrogen) atoms. The maximum atomic E-state index is 6.03. The third-order valence-electron chi connectivity index (χ3n) is 5.98. The van der Waals surface area contributed by atoms with E-state index in [4.69, 9.17) is 4.42 Å². The van der Waals surface area contributed by atoms with Crippen molar-refractivity contribution in [1.82, 2.24) is 0 Å². The zero-order valence-corrected chi connectivity index (χ0v) is 23.5. The van der Waals surface area contributed by atoms with Crippen molar-refractivity contribution in [2.45, 2.75) is 93.4 Å². The summed E-state index contributed by atoms with van der Waals surface area (Å²) in [5.74, 6) is 0.865. The summed E-state index contributed by atoms with van der Waals surface area (Å²) in [7, 11) is 0. The molecule has 0 atom stereocenters. The predicted octanol–water partition coefficient (Wildman–Crippen LogP) is 11.2. The smallest absolute Gasteiger partial charge is 0.134 e. The first-order valence-electron chi connectivity index (χ1n) is 13.7. The minimum Gasteiger partial charge on any atom is -0.456 e. The molecule has 0 amide bonds. The van der Waals surface area contributed by atoms with Crippen LogP contribution in [-0.2, 0) is 12.8 Å². The molecule has 1 heterocycles. The van der Waals surface area contributed by atoms with Crippen LogP contribution in [0.25, 0.3) is 22.1 Å². The van der Waals surface area contributed by atoms with E-state index in [1.807, 2.05) is 27.7 Å². The van der Waals surface area contributed by atoms with Crippen LogP contribution in [0.5, 0.6) is 0 Å². The van der Waals surface area contributed by atoms with Gasteiger partial charge in [0.2, 0.25) is 0 Å². The largest absolute Gasteiger partial charge is 0.456 e. The minimum absolute atomic E-state index is 0.749. The van der Waals surface area contributed by atoms with Gasteiger partial charge in [0, 0.05) is 5.39 Å². The van der Waals surface area contributed by atoms with Gasteiger partial charge in [-0.05, 0) is 85.1 Å². The molecule has 3 rings (SSSR count). The van der Waals surface area contributed by atoms with Crippen LogP contribution in [0.1, 0.15) is 103 Å². The topological polar surface area (TPSA) is 13.1 Å². The molecule has 0 saturated carbocycles. The molecule has 0 unspecified atom stereocenters. The van der Waals surface area contributed by atoms with Crippen molar-refractivity contribution in [3.8, 4) is 0 Å². The van der Waals surface area contributed by atoms with E-state index >= 15 is 0 Å². The fraction of sp³-hybridized carbons (Fsp3) is 0.412. The van der Waals surface area contributed by atoms with Crippen molar-refractivity contribution in [2.24, 2.45) is 0 Å². The fourth-order valence-electron chi connectivity index (χ4n) is 4.08. The lowest BCUT2D eigenvalue weighted by Gasteiger charge is -2.10. The third kappa shape index (κ3) is 9.40. The summed E-state index contributed by atoms with van der Waals surface area (Å²) < 4.78 is 6.03. The second-order valence-corrected chi connectivity index (χ2v) is 8.51. The number of hydrogen-bond donors (Lipinski definition) is 0. The van der Waals surface area contributed by atoms with Crippen LogP contribution in [-0.4, -0.2) is 0 Å². The number of benzene rings is 2. The molecule has 2 aromatic carbocycles. The summed E-state index contributed by atoms with van der Waals surface area (Å²) in [6.07, 6.45) is 9.87. The summed E-state index contributed by atoms with van der Waals surface area (Å²) in [6, 6.07) is 17.5. The van der Waals surface area contributed by atoms with E-state index in [9.17, 15) is 0 Å². The van der Waals surface area contributed by atoms with Gasteiger partial charge < -0.3 is 4.42 Å². The Morgan fingerprint density at radius 1 is 0.857 bits per heavy atom. The summed E-state index contributed by atoms with van der Waals surface area (Å²) in [5.41, 5.74) is 8.47. The Hall–Kier alpha value is -2.80. The van der Waals surface area contributed by atoms with E-state index in [1.54, 1.807) is 0 Å². The highest BCUT2D eigenvalue weighted by Crippen LogP contribution is 2.29. The lowest BCUT2D eigenvalue weighted by atomic mass is 9.95. The lowest BCUT2D eigenvalue weighted by molar-refractivity contribution is 0.597. The van der Waals surface area contributed by atoms with Gasteiger partial charge in [0.25, 0.3) is 0 Å². The minimum atomic E-state index is 0.749. The van der Waals surface area contributed by atoms with Crippen LogP contribution in [0.15, 0.2) is 77.8 Å². The van der Waals surface area contributed by atoms with E-state index in [1.165, 1.54) is 41.5 Å². The van der Waals surface area contributed by atoms with Crippen LogP contribution in [0.2, 0.25) is 0 Å². The van der Waals surface area contributed by atoms with Crippen molar-refractivity contribution in [2.75, 3.05) is 0 Å². The Bertz CT molecular complexity index is 1060. The summed E-state index contributed by atoms with van der Waals surface area (Å²) in [5, 5.41) is 1.15. The van der Waals surface area contributed by atoms with Gasteiger partial charge in [-0.15, -0.1) is 0 Å². The van der Waals surface area contributed by atoms with Crippen LogP contribution >= 0.6 is 0 Å². The highest BCUT2D eigenvalue weighted by molar-refractivity contribution is 5.82. The highest BCUT2D eigenvalue weighted by atomic mass is 16.3. The van der Waals surface area contributed by atoms with E-state index in [-0.39, 0.29) is 0 Å². The molecular weight excluding hydrogens is 424 g/mol. The van der Waals surface area contributed by atoms with E-state index in [0.717, 1.165) is 53.6 Å². The summed E-state index contributed by atoms with van der Waals surface area (Å²) in [4.78, 5) is 0. The van der Waals surface area contributed by atoms with E-state index in [2.05, 4.69) is 88.5 Å². The van der Waals surface area contributed by atoms with E-state index in [0.29, 0.717) is 0 Å². The highest BCUT2D eigenvalue weighted by Gasteiger charge is 2.10. The maximum Gasteiger partial charge on any atom is 0.134 e. The molecule has 0 N–H and O–H groups in total. The molecule has 1 heteroatoms. The molecule has 0 aliphatic rings. The monoisotopic (exact) mass is 472 g/mol. The normalized spacial score (nSPS) is 10.8. The summed E-state index contributed by atoms with van der Waals surface area (Å²) in [6.45, 7) is 23.1. The molecule has 0 aliphatic heterocycles. The zero-order valence-electron chi connectivity index (χ0n) is 23.5. The number of allylic oxidation sites excluding steroid dienone is 4. The first-order chi connectivity index (χ1) is 17.0. The SMILES string of the molecule is C=C(CC(=C)c1cc2cc(CC)ccc2o1)Cc1ccc(/C(=C/C)CCCCC)cc1.CC.CC. The Morgan fingerprint density at radius 3 is 2.11 bits per heavy atom. The lowest BCUT2D eigenvalue weighted by Crippen LogP contribution is -1.93. The molecule has 0 fully saturated rings. The Balaban J connectivity index is 0.00000145. The Kier molecular flexibility index (Phi) is 14.5. The maximum absolute atomic E-state index is 6.03. The Morgan fingerprint density at radius 2 is 1.51 bits per heavy atom. The number of rotatable bonds is 11. The molecular formula is C34H48O. The molecule has 0 aliphatic carbocycles. The molecule has 3 aromatic rings. The first-order valence-corrected chi connectivity index (χ1v) is 13.7. The Labute approximate surface area is 215 Å². The standard InChI is InChI=1S/C30H36O.2C2H6/c1-6-9-10-11-26(8-3)27-15-12-25(13-16-27)19-22(4)18-23(5)30-21-28-20-24(7-2)14-17-29(28)31-30;2*1-2/h8,12-17,20-21H,4-7,9-11,18-19H2,1-3H3;2*1-2H3/b26-8+;;. The van der Waals surface area contributed by atoms with Gasteiger partial charge in [-0.1, -0.05) is 110 Å². The van der Waals surface area contributed by atoms with Crippen LogP contribution in [0.3, 0.4) is 0 Å². The van der Waals surface area contributed by atoms with Crippen molar-refractivity contribution in [1.29, 1.82) is 0 Å². The molecule has 0 radical (unpaired) electrons. The second-order valence-electron chi connectivity index (χ2n) is 8.51. The molecule has 0 spiro atoms. The number of unbranched alkanes of at least 4 members (excludes halogenated alkanes) is 2. The van der Waals surface area contributed by atoms with Crippen LogP contribution in [0, 0.1) is 0 Å². The summed E-state index contributed by atoms with van der Waals surface area (Å²) >= 11 is 0. The average Bonchev–Trinajstić information content (AvgIpc) is 3.33. The van der Waals surface area contributed by atoms with Crippen molar-refractivity contribution in [3.05, 3.63) is 95.8 Å². The average molecular weight is 473 g/mol. The molecule has 0 saturated heterocycles. The van der Waals surface area contributed by atoms with Crippen molar-refractivity contribution >= 4 is 22.1 Å². The first kappa shape index (κ1) is 30.2. The van der Waals surface area contributed by atoms with Gasteiger partial charge >= 0.3 is 0 Å². The van der Waals surface area contributed by atoms with Gasteiger partial charge in [-0.25, -0.2) is 0 Å². The zero-order chi connectivity index (χ0) is 26.2. The second kappa shape index (κ2) is 16.8. The van der Waals surface area contributed by atoms with E-state index < -0.39 is 0 Å². The fourth-order valence-corrected chi connectivity index (χ4v) is 4.08.